The monoisotopic (exact) mass is 275 g/mol. The molecule has 110 valence electrons. The highest BCUT2D eigenvalue weighted by molar-refractivity contribution is 6.62. The van der Waals surface area contributed by atoms with Gasteiger partial charge in [-0.05, 0) is 52.3 Å². The highest BCUT2D eigenvalue weighted by atomic mass is 16.7. The molecule has 0 spiro atoms. The Morgan fingerprint density at radius 2 is 1.50 bits per heavy atom. The summed E-state index contributed by atoms with van der Waals surface area (Å²) < 4.78 is 12.1. The van der Waals surface area contributed by atoms with Gasteiger partial charge in [0, 0.05) is 6.54 Å². The van der Waals surface area contributed by atoms with Gasteiger partial charge in [0.2, 0.25) is 0 Å². The minimum atomic E-state index is -0.279. The second kappa shape index (κ2) is 5.51. The summed E-state index contributed by atoms with van der Waals surface area (Å²) in [5.41, 5.74) is 1.85. The molecule has 1 heterocycles. The Kier molecular flexibility index (Phi) is 4.28. The van der Waals surface area contributed by atoms with Crippen molar-refractivity contribution >= 4 is 12.6 Å². The Morgan fingerprint density at radius 1 is 1.00 bits per heavy atom. The SMILES string of the molecule is CCN(C)Cc1ccc(B2OC(C)(C)C(C)(C)O2)cc1. The molecule has 3 nitrogen and oxygen atoms in total. The van der Waals surface area contributed by atoms with Crippen molar-refractivity contribution in [2.24, 2.45) is 0 Å². The van der Waals surface area contributed by atoms with Crippen LogP contribution >= 0.6 is 0 Å². The number of benzene rings is 1. The summed E-state index contributed by atoms with van der Waals surface area (Å²) in [6, 6.07) is 8.54. The van der Waals surface area contributed by atoms with E-state index in [1.54, 1.807) is 0 Å². The molecule has 0 saturated carbocycles. The summed E-state index contributed by atoms with van der Waals surface area (Å²) in [6.45, 7) is 12.5. The van der Waals surface area contributed by atoms with Gasteiger partial charge in [0.25, 0.3) is 0 Å². The first-order chi connectivity index (χ1) is 9.25. The van der Waals surface area contributed by atoms with Crippen LogP contribution in [0.3, 0.4) is 0 Å². The van der Waals surface area contributed by atoms with Crippen LogP contribution in [0.1, 0.15) is 40.2 Å². The first kappa shape index (κ1) is 15.6. The lowest BCUT2D eigenvalue weighted by molar-refractivity contribution is 0.00578. The van der Waals surface area contributed by atoms with E-state index in [1.165, 1.54) is 5.56 Å². The Morgan fingerprint density at radius 3 is 1.95 bits per heavy atom. The van der Waals surface area contributed by atoms with Crippen molar-refractivity contribution in [3.05, 3.63) is 29.8 Å². The van der Waals surface area contributed by atoms with Gasteiger partial charge in [-0.2, -0.15) is 0 Å². The minimum Gasteiger partial charge on any atom is -0.399 e. The molecule has 1 fully saturated rings. The van der Waals surface area contributed by atoms with E-state index in [0.717, 1.165) is 18.6 Å². The average molecular weight is 275 g/mol. The van der Waals surface area contributed by atoms with Gasteiger partial charge in [-0.1, -0.05) is 31.2 Å². The van der Waals surface area contributed by atoms with E-state index in [0.29, 0.717) is 0 Å². The van der Waals surface area contributed by atoms with Gasteiger partial charge >= 0.3 is 7.12 Å². The molecule has 0 aliphatic carbocycles. The maximum atomic E-state index is 6.06. The summed E-state index contributed by atoms with van der Waals surface area (Å²) in [7, 11) is 1.86. The van der Waals surface area contributed by atoms with Crippen LogP contribution in [-0.4, -0.2) is 36.8 Å². The standard InChI is InChI=1S/C16H26BNO2/c1-7-18(6)12-13-8-10-14(11-9-13)17-19-15(2,3)16(4,5)20-17/h8-11H,7,12H2,1-6H3. The van der Waals surface area contributed by atoms with Gasteiger partial charge in [0.05, 0.1) is 11.2 Å². The molecule has 1 aromatic rings. The maximum absolute atomic E-state index is 6.06. The van der Waals surface area contributed by atoms with Gasteiger partial charge < -0.3 is 14.2 Å². The topological polar surface area (TPSA) is 21.7 Å². The lowest BCUT2D eigenvalue weighted by Crippen LogP contribution is -2.41. The molecule has 4 heteroatoms. The van der Waals surface area contributed by atoms with E-state index in [-0.39, 0.29) is 18.3 Å². The van der Waals surface area contributed by atoms with Crippen LogP contribution in [0.15, 0.2) is 24.3 Å². The van der Waals surface area contributed by atoms with Crippen LogP contribution in [0.4, 0.5) is 0 Å². The van der Waals surface area contributed by atoms with Crippen molar-refractivity contribution in [3.8, 4) is 0 Å². The Labute approximate surface area is 123 Å². The fourth-order valence-electron chi connectivity index (χ4n) is 2.18. The maximum Gasteiger partial charge on any atom is 0.494 e. The molecule has 0 radical (unpaired) electrons. The van der Waals surface area contributed by atoms with Crippen molar-refractivity contribution in [1.29, 1.82) is 0 Å². The van der Waals surface area contributed by atoms with E-state index in [2.05, 4.69) is 70.8 Å². The van der Waals surface area contributed by atoms with E-state index < -0.39 is 0 Å². The zero-order valence-electron chi connectivity index (χ0n) is 13.6. The molecular formula is C16H26BNO2. The second-order valence-corrected chi connectivity index (χ2v) is 6.66. The summed E-state index contributed by atoms with van der Waals surface area (Å²) >= 11 is 0. The second-order valence-electron chi connectivity index (χ2n) is 6.66. The summed E-state index contributed by atoms with van der Waals surface area (Å²) in [6.07, 6.45) is 0. The molecule has 0 bridgehead atoms. The fourth-order valence-corrected chi connectivity index (χ4v) is 2.18. The molecule has 0 aromatic heterocycles. The van der Waals surface area contributed by atoms with Crippen LogP contribution in [0.2, 0.25) is 0 Å². The summed E-state index contributed by atoms with van der Waals surface area (Å²) in [5.74, 6) is 0. The van der Waals surface area contributed by atoms with Crippen LogP contribution in [-0.2, 0) is 15.9 Å². The minimum absolute atomic E-state index is 0.266. The van der Waals surface area contributed by atoms with Crippen molar-refractivity contribution in [1.82, 2.24) is 4.90 Å². The smallest absolute Gasteiger partial charge is 0.399 e. The molecular weight excluding hydrogens is 249 g/mol. The highest BCUT2D eigenvalue weighted by Gasteiger charge is 2.51. The summed E-state index contributed by atoms with van der Waals surface area (Å²) in [4.78, 5) is 2.28. The Balaban J connectivity index is 2.08. The number of hydrogen-bond donors (Lipinski definition) is 0. The van der Waals surface area contributed by atoms with Crippen LogP contribution in [0, 0.1) is 0 Å². The predicted molar refractivity (Wildman–Crippen MR) is 84.2 cm³/mol. The van der Waals surface area contributed by atoms with Gasteiger partial charge in [0.1, 0.15) is 0 Å². The van der Waals surface area contributed by atoms with Crippen molar-refractivity contribution in [3.63, 3.8) is 0 Å². The molecule has 0 N–H and O–H groups in total. The quantitative estimate of drug-likeness (QED) is 0.788. The third kappa shape index (κ3) is 3.08. The molecule has 1 aliphatic heterocycles. The van der Waals surface area contributed by atoms with Crippen molar-refractivity contribution in [2.75, 3.05) is 13.6 Å². The highest BCUT2D eigenvalue weighted by Crippen LogP contribution is 2.36. The van der Waals surface area contributed by atoms with Gasteiger partial charge in [-0.15, -0.1) is 0 Å². The van der Waals surface area contributed by atoms with Gasteiger partial charge in [0.15, 0.2) is 0 Å². The number of hydrogen-bond acceptors (Lipinski definition) is 3. The van der Waals surface area contributed by atoms with Crippen LogP contribution in [0.5, 0.6) is 0 Å². The summed E-state index contributed by atoms with van der Waals surface area (Å²) in [5, 5.41) is 0. The molecule has 1 aromatic carbocycles. The Bertz CT molecular complexity index is 440. The van der Waals surface area contributed by atoms with E-state index >= 15 is 0 Å². The van der Waals surface area contributed by atoms with Crippen molar-refractivity contribution in [2.45, 2.75) is 52.4 Å². The lowest BCUT2D eigenvalue weighted by atomic mass is 9.79. The molecule has 20 heavy (non-hydrogen) atoms. The molecule has 0 unspecified atom stereocenters. The number of rotatable bonds is 4. The molecule has 1 aliphatic rings. The zero-order chi connectivity index (χ0) is 15.0. The van der Waals surface area contributed by atoms with E-state index in [4.69, 9.17) is 9.31 Å². The van der Waals surface area contributed by atoms with Crippen LogP contribution in [0.25, 0.3) is 0 Å². The third-order valence-corrected chi connectivity index (χ3v) is 4.50. The largest absolute Gasteiger partial charge is 0.494 e. The third-order valence-electron chi connectivity index (χ3n) is 4.50. The van der Waals surface area contributed by atoms with Crippen LogP contribution < -0.4 is 5.46 Å². The molecule has 2 rings (SSSR count). The van der Waals surface area contributed by atoms with E-state index in [1.807, 2.05) is 0 Å². The fraction of sp³-hybridized carbons (Fsp3) is 0.625. The number of nitrogens with zero attached hydrogens (tertiary/aromatic N) is 1. The normalized spacial score (nSPS) is 20.6. The first-order valence-corrected chi connectivity index (χ1v) is 7.38. The zero-order valence-corrected chi connectivity index (χ0v) is 13.6. The molecule has 0 amide bonds. The average Bonchev–Trinajstić information content (AvgIpc) is 2.59. The molecule has 0 atom stereocenters. The van der Waals surface area contributed by atoms with E-state index in [9.17, 15) is 0 Å². The predicted octanol–water partition coefficient (Wildman–Crippen LogP) is 2.44. The molecule has 1 saturated heterocycles. The Hall–Kier alpha value is -0.835. The van der Waals surface area contributed by atoms with Gasteiger partial charge in [-0.25, -0.2) is 0 Å². The lowest BCUT2D eigenvalue weighted by Gasteiger charge is -2.32. The van der Waals surface area contributed by atoms with Gasteiger partial charge in [-0.3, -0.25) is 0 Å². The van der Waals surface area contributed by atoms with Crippen molar-refractivity contribution < 1.29 is 9.31 Å². The first-order valence-electron chi connectivity index (χ1n) is 7.38.